The molecule has 0 aliphatic rings. The highest BCUT2D eigenvalue weighted by Gasteiger charge is 2.19. The largest absolute Gasteiger partial charge is 0.382 e. The Morgan fingerprint density at radius 2 is 2.35 bits per heavy atom. The molecule has 0 fully saturated rings. The molecule has 0 aliphatic heterocycles. The second-order valence-electron chi connectivity index (χ2n) is 4.44. The Balaban J connectivity index is 2.11. The lowest BCUT2D eigenvalue weighted by molar-refractivity contribution is 0.0945. The Hall–Kier alpha value is -1.60. The topological polar surface area (TPSA) is 71.2 Å². The fourth-order valence-electron chi connectivity index (χ4n) is 1.65. The van der Waals surface area contributed by atoms with Crippen molar-refractivity contribution in [2.75, 3.05) is 24.2 Å². The zero-order chi connectivity index (χ0) is 14.7. The van der Waals surface area contributed by atoms with Crippen LogP contribution in [0.15, 0.2) is 17.5 Å². The predicted octanol–water partition coefficient (Wildman–Crippen LogP) is 2.73. The van der Waals surface area contributed by atoms with Gasteiger partial charge in [-0.05, 0) is 25.3 Å². The predicted molar refractivity (Wildman–Crippen MR) is 85.7 cm³/mol. The molecule has 0 aromatic carbocycles. The minimum Gasteiger partial charge on any atom is -0.382 e. The summed E-state index contributed by atoms with van der Waals surface area (Å²) in [6.07, 6.45) is 0. The minimum absolute atomic E-state index is 0.0312. The summed E-state index contributed by atoms with van der Waals surface area (Å²) in [5, 5.41) is 5.71. The molecule has 0 saturated heterocycles. The van der Waals surface area contributed by atoms with Crippen molar-refractivity contribution < 1.29 is 4.79 Å². The number of nitrogens with two attached hydrogens (primary N) is 1. The summed E-state index contributed by atoms with van der Waals surface area (Å²) in [4.78, 5) is 20.0. The quantitative estimate of drug-likeness (QED) is 0.891. The third-order valence-electron chi connectivity index (χ3n) is 2.97. The number of hydrogen-bond donors (Lipinski definition) is 2. The van der Waals surface area contributed by atoms with E-state index >= 15 is 0 Å². The monoisotopic (exact) mass is 310 g/mol. The van der Waals surface area contributed by atoms with Crippen LogP contribution in [0.3, 0.4) is 0 Å². The number of thiazole rings is 1. The van der Waals surface area contributed by atoms with Crippen LogP contribution in [0.4, 0.5) is 10.9 Å². The number of nitrogens with zero attached hydrogens (tertiary/aromatic N) is 2. The molecule has 20 heavy (non-hydrogen) atoms. The Morgan fingerprint density at radius 3 is 2.95 bits per heavy atom. The van der Waals surface area contributed by atoms with E-state index in [9.17, 15) is 4.79 Å². The molecule has 2 aromatic heterocycles. The minimum atomic E-state index is -0.170. The van der Waals surface area contributed by atoms with Crippen LogP contribution in [-0.4, -0.2) is 24.5 Å². The van der Waals surface area contributed by atoms with Gasteiger partial charge in [-0.3, -0.25) is 4.79 Å². The van der Waals surface area contributed by atoms with E-state index in [0.717, 1.165) is 16.6 Å². The molecule has 0 spiro atoms. The number of hydrogen-bond acceptors (Lipinski definition) is 6. The van der Waals surface area contributed by atoms with Gasteiger partial charge in [0, 0.05) is 18.5 Å². The number of amides is 1. The summed E-state index contributed by atoms with van der Waals surface area (Å²) < 4.78 is 0. The molecule has 2 heterocycles. The molecule has 1 atom stereocenters. The molecule has 7 heteroatoms. The first kappa shape index (κ1) is 14.8. The first-order valence-electron chi connectivity index (χ1n) is 6.34. The van der Waals surface area contributed by atoms with Gasteiger partial charge in [-0.15, -0.1) is 11.3 Å². The van der Waals surface area contributed by atoms with Crippen molar-refractivity contribution in [3.8, 4) is 0 Å². The van der Waals surface area contributed by atoms with Crippen LogP contribution in [0.2, 0.25) is 0 Å². The number of nitrogens with one attached hydrogen (secondary N) is 1. The average molecular weight is 310 g/mol. The van der Waals surface area contributed by atoms with E-state index in [1.807, 2.05) is 43.3 Å². The van der Waals surface area contributed by atoms with Crippen LogP contribution in [-0.2, 0) is 0 Å². The van der Waals surface area contributed by atoms with E-state index in [2.05, 4.69) is 10.3 Å². The van der Waals surface area contributed by atoms with E-state index in [1.165, 1.54) is 11.3 Å². The number of carbonyl (C=O) groups is 1. The first-order valence-corrected chi connectivity index (χ1v) is 8.04. The molecule has 108 valence electrons. The van der Waals surface area contributed by atoms with E-state index < -0.39 is 0 Å². The normalized spacial score (nSPS) is 12.2. The Labute approximate surface area is 126 Å². The summed E-state index contributed by atoms with van der Waals surface area (Å²) in [6, 6.07) is 3.94. The molecule has 3 N–H and O–H groups in total. The van der Waals surface area contributed by atoms with Crippen LogP contribution in [0.1, 0.15) is 34.4 Å². The SMILES string of the molecule is CCN(C)c1nc(N)c(C(=O)NC(C)c2cccs2)s1. The highest BCUT2D eigenvalue weighted by atomic mass is 32.1. The van der Waals surface area contributed by atoms with Gasteiger partial charge < -0.3 is 16.0 Å². The molecular formula is C13H18N4OS2. The number of thiophene rings is 1. The molecule has 0 aliphatic carbocycles. The highest BCUT2D eigenvalue weighted by Crippen LogP contribution is 2.28. The molecule has 0 bridgehead atoms. The number of rotatable bonds is 5. The van der Waals surface area contributed by atoms with Gasteiger partial charge in [0.05, 0.1) is 6.04 Å². The average Bonchev–Trinajstić information content (AvgIpc) is 3.06. The molecular weight excluding hydrogens is 292 g/mol. The summed E-state index contributed by atoms with van der Waals surface area (Å²) in [6.45, 7) is 4.80. The van der Waals surface area contributed by atoms with Crippen LogP contribution in [0.25, 0.3) is 0 Å². The summed E-state index contributed by atoms with van der Waals surface area (Å²) in [5.41, 5.74) is 5.84. The van der Waals surface area contributed by atoms with Crippen LogP contribution in [0.5, 0.6) is 0 Å². The second-order valence-corrected chi connectivity index (χ2v) is 6.39. The summed E-state index contributed by atoms with van der Waals surface area (Å²) >= 11 is 2.94. The summed E-state index contributed by atoms with van der Waals surface area (Å²) in [7, 11) is 1.92. The second kappa shape index (κ2) is 6.23. The van der Waals surface area contributed by atoms with Crippen molar-refractivity contribution in [1.82, 2.24) is 10.3 Å². The lowest BCUT2D eigenvalue weighted by Gasteiger charge is -2.12. The van der Waals surface area contributed by atoms with Gasteiger partial charge in [0.15, 0.2) is 5.13 Å². The van der Waals surface area contributed by atoms with E-state index in [0.29, 0.717) is 10.7 Å². The molecule has 2 rings (SSSR count). The van der Waals surface area contributed by atoms with Gasteiger partial charge in [-0.2, -0.15) is 0 Å². The smallest absolute Gasteiger partial charge is 0.265 e. The lowest BCUT2D eigenvalue weighted by atomic mass is 10.2. The molecule has 1 unspecified atom stereocenters. The van der Waals surface area contributed by atoms with Crippen LogP contribution in [0, 0.1) is 0 Å². The van der Waals surface area contributed by atoms with Crippen LogP contribution >= 0.6 is 22.7 Å². The highest BCUT2D eigenvalue weighted by molar-refractivity contribution is 7.18. The Kier molecular flexibility index (Phi) is 4.61. The Bertz CT molecular complexity index is 579. The van der Waals surface area contributed by atoms with Crippen molar-refractivity contribution >= 4 is 39.5 Å². The van der Waals surface area contributed by atoms with E-state index in [4.69, 9.17) is 5.73 Å². The zero-order valence-corrected chi connectivity index (χ0v) is 13.3. The fourth-order valence-corrected chi connectivity index (χ4v) is 3.30. The maximum atomic E-state index is 12.3. The number of anilines is 2. The van der Waals surface area contributed by atoms with E-state index in [1.54, 1.807) is 11.3 Å². The molecule has 5 nitrogen and oxygen atoms in total. The first-order chi connectivity index (χ1) is 9.52. The molecule has 0 radical (unpaired) electrons. The van der Waals surface area contributed by atoms with Crippen molar-refractivity contribution in [2.24, 2.45) is 0 Å². The molecule has 1 amide bonds. The van der Waals surface area contributed by atoms with Gasteiger partial charge >= 0.3 is 0 Å². The van der Waals surface area contributed by atoms with Crippen molar-refractivity contribution in [1.29, 1.82) is 0 Å². The summed E-state index contributed by atoms with van der Waals surface area (Å²) in [5.74, 6) is 0.123. The van der Waals surface area contributed by atoms with Gasteiger partial charge in [-0.25, -0.2) is 4.98 Å². The van der Waals surface area contributed by atoms with Gasteiger partial charge in [0.25, 0.3) is 5.91 Å². The van der Waals surface area contributed by atoms with Crippen molar-refractivity contribution in [3.63, 3.8) is 0 Å². The fraction of sp³-hybridized carbons (Fsp3) is 0.385. The van der Waals surface area contributed by atoms with Gasteiger partial charge in [-0.1, -0.05) is 17.4 Å². The lowest BCUT2D eigenvalue weighted by Crippen LogP contribution is -2.26. The number of carbonyl (C=O) groups excluding carboxylic acids is 1. The van der Waals surface area contributed by atoms with Crippen molar-refractivity contribution in [2.45, 2.75) is 19.9 Å². The standard InChI is InChI=1S/C13H18N4OS2/c1-4-17(3)13-16-11(14)10(20-13)12(18)15-8(2)9-6-5-7-19-9/h5-8H,4,14H2,1-3H3,(H,15,18). The number of aromatic nitrogens is 1. The third kappa shape index (κ3) is 3.10. The van der Waals surface area contributed by atoms with Crippen molar-refractivity contribution in [3.05, 3.63) is 27.3 Å². The maximum absolute atomic E-state index is 12.3. The molecule has 0 saturated carbocycles. The number of nitrogen functional groups attached to an aromatic ring is 1. The van der Waals surface area contributed by atoms with E-state index in [-0.39, 0.29) is 11.9 Å². The van der Waals surface area contributed by atoms with Gasteiger partial charge in [0.1, 0.15) is 10.7 Å². The maximum Gasteiger partial charge on any atom is 0.265 e. The Morgan fingerprint density at radius 1 is 1.60 bits per heavy atom. The van der Waals surface area contributed by atoms with Gasteiger partial charge in [0.2, 0.25) is 0 Å². The zero-order valence-electron chi connectivity index (χ0n) is 11.7. The third-order valence-corrected chi connectivity index (χ3v) is 5.21. The van der Waals surface area contributed by atoms with Crippen LogP contribution < -0.4 is 16.0 Å². The molecule has 2 aromatic rings.